The predicted octanol–water partition coefficient (Wildman–Crippen LogP) is 1.13. The van der Waals surface area contributed by atoms with Crippen LogP contribution in [0.4, 0.5) is 11.4 Å². The van der Waals surface area contributed by atoms with Crippen LogP contribution in [0, 0.1) is 0 Å². The van der Waals surface area contributed by atoms with Crippen LogP contribution in [-0.2, 0) is 9.53 Å². The topological polar surface area (TPSA) is 58.8 Å². The molecule has 5 heteroatoms. The standard InChI is InChI=1S/C14H21N3O2/c1-9(8-19-4)16(2)10-5-6-11-12(7-10)17(3)14(18)13(11)15/h5-7,9,13H,8,15H2,1-4H3. The third-order valence-electron chi connectivity index (χ3n) is 3.78. The number of nitrogens with zero attached hydrogens (tertiary/aromatic N) is 2. The lowest BCUT2D eigenvalue weighted by atomic mass is 10.1. The van der Waals surface area contributed by atoms with Crippen molar-refractivity contribution in [2.75, 3.05) is 37.6 Å². The van der Waals surface area contributed by atoms with Gasteiger partial charge in [0.1, 0.15) is 6.04 Å². The first-order valence-electron chi connectivity index (χ1n) is 6.36. The van der Waals surface area contributed by atoms with Crippen molar-refractivity contribution in [3.63, 3.8) is 0 Å². The van der Waals surface area contributed by atoms with Crippen LogP contribution in [0.3, 0.4) is 0 Å². The lowest BCUT2D eigenvalue weighted by Crippen LogP contribution is -2.32. The molecule has 0 radical (unpaired) electrons. The number of hydrogen-bond donors (Lipinski definition) is 1. The summed E-state index contributed by atoms with van der Waals surface area (Å²) in [5.74, 6) is -0.0558. The molecule has 0 bridgehead atoms. The Morgan fingerprint density at radius 3 is 2.84 bits per heavy atom. The van der Waals surface area contributed by atoms with Crippen LogP contribution in [0.2, 0.25) is 0 Å². The van der Waals surface area contributed by atoms with Crippen LogP contribution >= 0.6 is 0 Å². The van der Waals surface area contributed by atoms with Gasteiger partial charge in [0.2, 0.25) is 5.91 Å². The van der Waals surface area contributed by atoms with Crippen molar-refractivity contribution in [2.45, 2.75) is 19.0 Å². The number of benzene rings is 1. The van der Waals surface area contributed by atoms with Gasteiger partial charge in [0.15, 0.2) is 0 Å². The zero-order valence-corrected chi connectivity index (χ0v) is 11.9. The second-order valence-corrected chi connectivity index (χ2v) is 5.03. The van der Waals surface area contributed by atoms with Crippen molar-refractivity contribution in [1.29, 1.82) is 0 Å². The molecule has 0 aliphatic carbocycles. The molecule has 0 saturated heterocycles. The molecule has 2 unspecified atom stereocenters. The summed E-state index contributed by atoms with van der Waals surface area (Å²) in [6.45, 7) is 2.75. The van der Waals surface area contributed by atoms with E-state index in [2.05, 4.69) is 11.8 Å². The normalized spacial score (nSPS) is 19.5. The van der Waals surface area contributed by atoms with Gasteiger partial charge >= 0.3 is 0 Å². The predicted molar refractivity (Wildman–Crippen MR) is 76.5 cm³/mol. The minimum Gasteiger partial charge on any atom is -0.383 e. The van der Waals surface area contributed by atoms with Gasteiger partial charge in [-0.3, -0.25) is 4.79 Å². The Labute approximate surface area is 113 Å². The van der Waals surface area contributed by atoms with Gasteiger partial charge < -0.3 is 20.3 Å². The van der Waals surface area contributed by atoms with E-state index in [1.54, 1.807) is 19.1 Å². The van der Waals surface area contributed by atoms with Gasteiger partial charge in [0.05, 0.1) is 12.3 Å². The number of amides is 1. The molecule has 2 rings (SSSR count). The number of carbonyl (C=O) groups excluding carboxylic acids is 1. The summed E-state index contributed by atoms with van der Waals surface area (Å²) in [5, 5.41) is 0. The summed E-state index contributed by atoms with van der Waals surface area (Å²) in [5.41, 5.74) is 8.73. The summed E-state index contributed by atoms with van der Waals surface area (Å²) >= 11 is 0. The Kier molecular flexibility index (Phi) is 3.78. The maximum atomic E-state index is 11.8. The Morgan fingerprint density at radius 1 is 1.53 bits per heavy atom. The molecule has 1 aromatic carbocycles. The fourth-order valence-corrected chi connectivity index (χ4v) is 2.37. The fourth-order valence-electron chi connectivity index (χ4n) is 2.37. The molecular weight excluding hydrogens is 242 g/mol. The summed E-state index contributed by atoms with van der Waals surface area (Å²) in [6.07, 6.45) is 0. The molecule has 104 valence electrons. The molecule has 1 heterocycles. The number of rotatable bonds is 4. The van der Waals surface area contributed by atoms with Gasteiger partial charge in [-0.25, -0.2) is 0 Å². The molecule has 2 atom stereocenters. The maximum Gasteiger partial charge on any atom is 0.248 e. The molecule has 0 spiro atoms. The molecule has 0 aromatic heterocycles. The van der Waals surface area contributed by atoms with E-state index in [-0.39, 0.29) is 11.9 Å². The molecular formula is C14H21N3O2. The van der Waals surface area contributed by atoms with Crippen molar-refractivity contribution < 1.29 is 9.53 Å². The molecule has 0 saturated carbocycles. The molecule has 5 nitrogen and oxygen atoms in total. The average Bonchev–Trinajstić information content (AvgIpc) is 2.63. The summed E-state index contributed by atoms with van der Waals surface area (Å²) in [6, 6.07) is 5.67. The number of hydrogen-bond acceptors (Lipinski definition) is 4. The lowest BCUT2D eigenvalue weighted by Gasteiger charge is -2.27. The first kappa shape index (κ1) is 13.8. The van der Waals surface area contributed by atoms with E-state index in [0.29, 0.717) is 6.61 Å². The van der Waals surface area contributed by atoms with Gasteiger partial charge in [-0.1, -0.05) is 6.07 Å². The quantitative estimate of drug-likeness (QED) is 0.885. The Hall–Kier alpha value is -1.59. The summed E-state index contributed by atoms with van der Waals surface area (Å²) in [4.78, 5) is 15.6. The van der Waals surface area contributed by atoms with E-state index in [1.165, 1.54) is 0 Å². The van der Waals surface area contributed by atoms with Crippen molar-refractivity contribution >= 4 is 17.3 Å². The summed E-state index contributed by atoms with van der Waals surface area (Å²) < 4.78 is 5.17. The Balaban J connectivity index is 2.30. The fraction of sp³-hybridized carbons (Fsp3) is 0.500. The largest absolute Gasteiger partial charge is 0.383 e. The molecule has 1 aliphatic rings. The zero-order chi connectivity index (χ0) is 14.2. The highest BCUT2D eigenvalue weighted by Gasteiger charge is 2.32. The average molecular weight is 263 g/mol. The number of fused-ring (bicyclic) bond motifs is 1. The third kappa shape index (κ3) is 2.31. The summed E-state index contributed by atoms with van der Waals surface area (Å²) in [7, 11) is 5.47. The van der Waals surface area contributed by atoms with Gasteiger partial charge in [0.25, 0.3) is 0 Å². The number of anilines is 2. The van der Waals surface area contributed by atoms with E-state index in [4.69, 9.17) is 10.5 Å². The lowest BCUT2D eigenvalue weighted by molar-refractivity contribution is -0.118. The molecule has 1 aliphatic heterocycles. The molecule has 0 fully saturated rings. The molecule has 1 amide bonds. The van der Waals surface area contributed by atoms with E-state index in [0.717, 1.165) is 16.9 Å². The number of carbonyl (C=O) groups is 1. The van der Waals surface area contributed by atoms with Crippen molar-refractivity contribution in [3.8, 4) is 0 Å². The van der Waals surface area contributed by atoms with Gasteiger partial charge in [-0.15, -0.1) is 0 Å². The van der Waals surface area contributed by atoms with E-state index in [1.807, 2.05) is 25.2 Å². The van der Waals surface area contributed by atoms with E-state index < -0.39 is 6.04 Å². The third-order valence-corrected chi connectivity index (χ3v) is 3.78. The van der Waals surface area contributed by atoms with E-state index in [9.17, 15) is 4.79 Å². The second kappa shape index (κ2) is 5.19. The second-order valence-electron chi connectivity index (χ2n) is 5.03. The Morgan fingerprint density at radius 2 is 2.21 bits per heavy atom. The zero-order valence-electron chi connectivity index (χ0n) is 11.9. The van der Waals surface area contributed by atoms with Crippen molar-refractivity contribution in [1.82, 2.24) is 0 Å². The smallest absolute Gasteiger partial charge is 0.248 e. The molecule has 2 N–H and O–H groups in total. The number of methoxy groups -OCH3 is 1. The van der Waals surface area contributed by atoms with Gasteiger partial charge in [0, 0.05) is 38.5 Å². The Bertz CT molecular complexity index is 490. The first-order valence-corrected chi connectivity index (χ1v) is 6.36. The van der Waals surface area contributed by atoms with Crippen molar-refractivity contribution in [2.24, 2.45) is 5.73 Å². The minimum absolute atomic E-state index is 0.0558. The molecule has 19 heavy (non-hydrogen) atoms. The van der Waals surface area contributed by atoms with Gasteiger partial charge in [-0.05, 0) is 19.1 Å². The van der Waals surface area contributed by atoms with Crippen LogP contribution in [-0.4, -0.2) is 39.8 Å². The maximum absolute atomic E-state index is 11.8. The number of ether oxygens (including phenoxy) is 1. The van der Waals surface area contributed by atoms with Gasteiger partial charge in [-0.2, -0.15) is 0 Å². The van der Waals surface area contributed by atoms with Crippen LogP contribution in [0.25, 0.3) is 0 Å². The monoisotopic (exact) mass is 263 g/mol. The first-order chi connectivity index (χ1) is 8.97. The SMILES string of the molecule is COCC(C)N(C)c1ccc2c(c1)N(C)C(=O)C2N. The highest BCUT2D eigenvalue weighted by molar-refractivity contribution is 6.04. The number of likely N-dealkylation sites (N-methyl/N-ethyl adjacent to an activating group) is 2. The minimum atomic E-state index is -0.532. The van der Waals surface area contributed by atoms with Crippen LogP contribution in [0.5, 0.6) is 0 Å². The van der Waals surface area contributed by atoms with Crippen LogP contribution in [0.15, 0.2) is 18.2 Å². The highest BCUT2D eigenvalue weighted by Crippen LogP contribution is 2.36. The van der Waals surface area contributed by atoms with E-state index >= 15 is 0 Å². The highest BCUT2D eigenvalue weighted by atomic mass is 16.5. The molecule has 1 aromatic rings. The van der Waals surface area contributed by atoms with Crippen LogP contribution < -0.4 is 15.5 Å². The van der Waals surface area contributed by atoms with Crippen molar-refractivity contribution in [3.05, 3.63) is 23.8 Å². The van der Waals surface area contributed by atoms with Crippen LogP contribution in [0.1, 0.15) is 18.5 Å². The number of nitrogens with two attached hydrogens (primary N) is 1.